The Labute approximate surface area is 205 Å². The van der Waals surface area contributed by atoms with Crippen LogP contribution in [0.2, 0.25) is 0 Å². The van der Waals surface area contributed by atoms with Gasteiger partial charge in [-0.25, -0.2) is 0 Å². The Morgan fingerprint density at radius 1 is 1.26 bits per heavy atom. The van der Waals surface area contributed by atoms with E-state index < -0.39 is 29.0 Å². The van der Waals surface area contributed by atoms with Crippen molar-refractivity contribution in [2.24, 2.45) is 5.73 Å². The van der Waals surface area contributed by atoms with E-state index in [0.29, 0.717) is 10.7 Å². The second kappa shape index (κ2) is 9.37. The molecule has 3 N–H and O–H groups in total. The molecule has 0 saturated carbocycles. The number of thioether (sulfide) groups is 1. The van der Waals surface area contributed by atoms with Crippen molar-refractivity contribution in [3.8, 4) is 6.07 Å². The highest BCUT2D eigenvalue weighted by atomic mass is 32.2. The van der Waals surface area contributed by atoms with Gasteiger partial charge in [0.15, 0.2) is 0 Å². The zero-order valence-corrected chi connectivity index (χ0v) is 20.4. The van der Waals surface area contributed by atoms with Gasteiger partial charge in [-0.2, -0.15) is 5.26 Å². The number of allylic oxidation sites excluding steroid dienone is 1. The summed E-state index contributed by atoms with van der Waals surface area (Å²) in [6.07, 6.45) is -0.176. The first-order valence-corrected chi connectivity index (χ1v) is 12.2. The number of ether oxygens (including phenoxy) is 1. The van der Waals surface area contributed by atoms with Gasteiger partial charge < -0.3 is 15.8 Å². The molecule has 1 saturated heterocycles. The van der Waals surface area contributed by atoms with E-state index in [1.807, 2.05) is 43.5 Å². The predicted molar refractivity (Wildman–Crippen MR) is 130 cm³/mol. The van der Waals surface area contributed by atoms with Crippen molar-refractivity contribution in [2.45, 2.75) is 31.4 Å². The molecular weight excluding hydrogens is 472 g/mol. The Bertz CT molecular complexity index is 1290. The molecule has 0 aliphatic carbocycles. The fraction of sp³-hybridized carbons (Fsp3) is 0.250. The minimum atomic E-state index is -0.813. The number of nitriles is 1. The van der Waals surface area contributed by atoms with E-state index in [2.05, 4.69) is 11.4 Å². The number of nitrogens with two attached hydrogens (primary N) is 1. The molecule has 34 heavy (non-hydrogen) atoms. The van der Waals surface area contributed by atoms with Crippen molar-refractivity contribution in [1.82, 2.24) is 4.90 Å². The number of aryl methyl sites for hydroxylation is 2. The molecule has 2 aromatic rings. The number of carbonyl (C=O) groups excluding carboxylic acids is 3. The van der Waals surface area contributed by atoms with Crippen LogP contribution in [0.15, 0.2) is 57.7 Å². The highest BCUT2D eigenvalue weighted by Gasteiger charge is 2.48. The number of carbonyl (C=O) groups is 3. The van der Waals surface area contributed by atoms with Gasteiger partial charge in [0.1, 0.15) is 11.1 Å². The first-order valence-electron chi connectivity index (χ1n) is 10.4. The van der Waals surface area contributed by atoms with E-state index in [1.165, 1.54) is 23.3 Å². The molecule has 174 valence electrons. The van der Waals surface area contributed by atoms with Crippen molar-refractivity contribution in [3.05, 3.63) is 73.7 Å². The molecule has 0 unspecified atom stereocenters. The van der Waals surface area contributed by atoms with Crippen molar-refractivity contribution in [2.75, 3.05) is 12.4 Å². The van der Waals surface area contributed by atoms with E-state index in [1.54, 1.807) is 6.07 Å². The quantitative estimate of drug-likeness (QED) is 0.609. The summed E-state index contributed by atoms with van der Waals surface area (Å²) in [5.41, 5.74) is 9.37. The molecule has 1 aromatic carbocycles. The van der Waals surface area contributed by atoms with Gasteiger partial charge >= 0.3 is 5.97 Å². The van der Waals surface area contributed by atoms with Gasteiger partial charge in [-0.15, -0.1) is 11.3 Å². The van der Waals surface area contributed by atoms with Gasteiger partial charge in [-0.05, 0) is 48.6 Å². The SMILES string of the molecule is COC(=O)C[C@@H]1SC2=C(C(=O)Nc3ccc(C)c(C)c3)[C@@H](c3cccs3)C(C#N)=C(N)N2C1=O. The summed E-state index contributed by atoms with van der Waals surface area (Å²) in [6.45, 7) is 3.93. The van der Waals surface area contributed by atoms with Gasteiger partial charge in [-0.3, -0.25) is 19.3 Å². The van der Waals surface area contributed by atoms with Crippen LogP contribution in [0.4, 0.5) is 5.69 Å². The summed E-state index contributed by atoms with van der Waals surface area (Å²) >= 11 is 2.48. The predicted octanol–water partition coefficient (Wildman–Crippen LogP) is 3.51. The second-order valence-electron chi connectivity index (χ2n) is 7.89. The third kappa shape index (κ3) is 4.08. The summed E-state index contributed by atoms with van der Waals surface area (Å²) in [6, 6.07) is 11.3. The van der Waals surface area contributed by atoms with Gasteiger partial charge in [0, 0.05) is 10.6 Å². The van der Waals surface area contributed by atoms with E-state index in [0.717, 1.165) is 27.8 Å². The van der Waals surface area contributed by atoms with Crippen LogP contribution in [0.3, 0.4) is 0 Å². The van der Waals surface area contributed by atoms with Crippen LogP contribution in [0.25, 0.3) is 0 Å². The Kier molecular flexibility index (Phi) is 6.50. The highest BCUT2D eigenvalue weighted by Crippen LogP contribution is 2.50. The number of nitrogens with zero attached hydrogens (tertiary/aromatic N) is 2. The van der Waals surface area contributed by atoms with Crippen molar-refractivity contribution in [3.63, 3.8) is 0 Å². The second-order valence-corrected chi connectivity index (χ2v) is 10.1. The maximum atomic E-state index is 13.7. The minimum absolute atomic E-state index is 0.0245. The van der Waals surface area contributed by atoms with Crippen LogP contribution < -0.4 is 11.1 Å². The van der Waals surface area contributed by atoms with E-state index in [-0.39, 0.29) is 23.4 Å². The number of rotatable bonds is 5. The number of anilines is 1. The maximum absolute atomic E-state index is 13.7. The third-order valence-corrected chi connectivity index (χ3v) is 8.03. The summed E-state index contributed by atoms with van der Waals surface area (Å²) < 4.78 is 4.72. The lowest BCUT2D eigenvalue weighted by Gasteiger charge is -2.31. The number of benzene rings is 1. The number of nitrogens with one attached hydrogen (secondary N) is 1. The van der Waals surface area contributed by atoms with Crippen LogP contribution in [-0.4, -0.2) is 35.0 Å². The normalized spacial score (nSPS) is 19.7. The van der Waals surface area contributed by atoms with Gasteiger partial charge in [0.05, 0.1) is 41.7 Å². The average Bonchev–Trinajstić information content (AvgIpc) is 3.44. The lowest BCUT2D eigenvalue weighted by atomic mass is 9.87. The largest absolute Gasteiger partial charge is 0.469 e. The Hall–Kier alpha value is -3.55. The van der Waals surface area contributed by atoms with Crippen LogP contribution in [-0.2, 0) is 19.1 Å². The summed E-state index contributed by atoms with van der Waals surface area (Å²) in [4.78, 5) is 40.7. The van der Waals surface area contributed by atoms with Gasteiger partial charge in [0.2, 0.25) is 5.91 Å². The number of fused-ring (bicyclic) bond motifs is 1. The van der Waals surface area contributed by atoms with Crippen molar-refractivity contribution >= 4 is 46.6 Å². The molecule has 10 heteroatoms. The van der Waals surface area contributed by atoms with Crippen LogP contribution >= 0.6 is 23.1 Å². The number of amides is 2. The molecule has 0 radical (unpaired) electrons. The first kappa shape index (κ1) is 23.6. The standard InChI is InChI=1S/C24H22N4O4S2/c1-12-6-7-14(9-13(12)2)27-22(30)20-19(16-5-4-8-33-16)15(11-25)21(26)28-23(31)17(34-24(20)28)10-18(29)32-3/h4-9,17,19H,10,26H2,1-3H3,(H,27,30)/t17-,19+/m0/s1. The molecule has 0 bridgehead atoms. The summed E-state index contributed by atoms with van der Waals surface area (Å²) in [5, 5.41) is 14.3. The fourth-order valence-corrected chi connectivity index (χ4v) is 6.07. The number of methoxy groups -OCH3 is 1. The Balaban J connectivity index is 1.84. The van der Waals surface area contributed by atoms with Crippen LogP contribution in [0.1, 0.15) is 28.3 Å². The molecule has 3 heterocycles. The molecule has 2 aliphatic rings. The molecule has 2 atom stereocenters. The average molecular weight is 495 g/mol. The molecule has 0 spiro atoms. The number of esters is 1. The van der Waals surface area contributed by atoms with E-state index in [9.17, 15) is 19.6 Å². The zero-order valence-electron chi connectivity index (χ0n) is 18.7. The summed E-state index contributed by atoms with van der Waals surface area (Å²) in [5.74, 6) is -2.22. The Morgan fingerprint density at radius 3 is 2.65 bits per heavy atom. The molecule has 8 nitrogen and oxygen atoms in total. The van der Waals surface area contributed by atoms with E-state index in [4.69, 9.17) is 10.5 Å². The molecule has 2 aliphatic heterocycles. The third-order valence-electron chi connectivity index (χ3n) is 5.81. The molecule has 1 aromatic heterocycles. The van der Waals surface area contributed by atoms with Crippen LogP contribution in [0, 0.1) is 25.2 Å². The first-order chi connectivity index (χ1) is 16.3. The topological polar surface area (TPSA) is 126 Å². The molecular formula is C24H22N4O4S2. The van der Waals surface area contributed by atoms with Crippen molar-refractivity contribution < 1.29 is 19.1 Å². The zero-order chi connectivity index (χ0) is 24.6. The lowest BCUT2D eigenvalue weighted by molar-refractivity contribution is -0.142. The number of hydrogen-bond donors (Lipinski definition) is 2. The van der Waals surface area contributed by atoms with E-state index >= 15 is 0 Å². The summed E-state index contributed by atoms with van der Waals surface area (Å²) in [7, 11) is 1.25. The van der Waals surface area contributed by atoms with Crippen LogP contribution in [0.5, 0.6) is 0 Å². The number of thiophene rings is 1. The lowest BCUT2D eigenvalue weighted by Crippen LogP contribution is -2.39. The maximum Gasteiger partial charge on any atom is 0.307 e. The Morgan fingerprint density at radius 2 is 2.03 bits per heavy atom. The molecule has 4 rings (SSSR count). The number of hydrogen-bond acceptors (Lipinski definition) is 8. The highest BCUT2D eigenvalue weighted by molar-refractivity contribution is 8.04. The molecule has 1 fully saturated rings. The van der Waals surface area contributed by atoms with Crippen molar-refractivity contribution in [1.29, 1.82) is 5.26 Å². The minimum Gasteiger partial charge on any atom is -0.469 e. The fourth-order valence-electron chi connectivity index (χ4n) is 3.90. The van der Waals surface area contributed by atoms with Gasteiger partial charge in [0.25, 0.3) is 5.91 Å². The monoisotopic (exact) mass is 494 g/mol. The molecule has 2 amide bonds. The smallest absolute Gasteiger partial charge is 0.307 e. The van der Waals surface area contributed by atoms with Gasteiger partial charge in [-0.1, -0.05) is 23.9 Å².